The number of para-hydroxylation sites is 8. The first-order valence-corrected chi connectivity index (χ1v) is 37.8. The second-order valence-corrected chi connectivity index (χ2v) is 23.4. The molecule has 0 spiro atoms. The molecule has 0 saturated carbocycles. The summed E-state index contributed by atoms with van der Waals surface area (Å²) in [6, 6.07) is 40.8. The molecule has 122 heavy (non-hydrogen) atoms. The molecule has 8 aromatic carbocycles. The van der Waals surface area contributed by atoms with Gasteiger partial charge in [-0.1, -0.05) is 143 Å². The van der Waals surface area contributed by atoms with Crippen LogP contribution in [0.2, 0.25) is 0 Å². The summed E-state index contributed by atoms with van der Waals surface area (Å²) in [6.45, 7) is 21.4. The maximum absolute atomic E-state index is 12.1. The molecule has 0 saturated heterocycles. The van der Waals surface area contributed by atoms with E-state index in [1.807, 2.05) is 55.4 Å². The SMILES string of the molecule is CCOc1cccc(C=NCCN=Cc2cccc(OCC)c2[O-])c1[O-].CCOc1cccc(C=NCCN=Cc2cccc(OCC)c2[O-])c1[O-].CCOc1cccc(C=NCCN=Cc2cccc(OCC)c2[O-])c1[O-].CCOc1cccc(C=NCCN=Cc2cccc(OCC)c2[O-])c1[O-].O.O.[Cu+2].[Cu+2].[Cu+2].[Cu+2].[O-][Cl+3]([O-])([O-])[O-].[O-][Cl+3]([O-])([O-])[O-].[OH3+].[OH3+]. The number of aliphatic imine (C=N–C) groups is 8. The normalized spacial score (nSPS) is 10.6. The van der Waals surface area contributed by atoms with Gasteiger partial charge in [0.05, 0.1) is 105 Å². The van der Waals surface area contributed by atoms with Gasteiger partial charge in [-0.15, -0.1) is 20.5 Å². The summed E-state index contributed by atoms with van der Waals surface area (Å²) >= 11 is 0. The zero-order valence-corrected chi connectivity index (χ0v) is 72.6. The van der Waals surface area contributed by atoms with Crippen molar-refractivity contribution in [2.24, 2.45) is 39.9 Å². The summed E-state index contributed by atoms with van der Waals surface area (Å²) in [6.07, 6.45) is 12.2. The summed E-state index contributed by atoms with van der Waals surface area (Å²) in [5.74, 6) is 1.20. The van der Waals surface area contributed by atoms with Gasteiger partial charge in [-0.3, -0.25) is 39.9 Å². The molecule has 8 rings (SSSR count). The van der Waals surface area contributed by atoms with Crippen molar-refractivity contribution in [1.29, 1.82) is 0 Å². The van der Waals surface area contributed by atoms with Crippen LogP contribution in [-0.2, 0) is 79.2 Å². The Labute approximate surface area is 754 Å². The van der Waals surface area contributed by atoms with E-state index < -0.39 is 20.5 Å². The summed E-state index contributed by atoms with van der Waals surface area (Å²) in [7, 11) is -9.89. The fourth-order valence-corrected chi connectivity index (χ4v) is 8.99. The molecule has 8 aromatic rings. The summed E-state index contributed by atoms with van der Waals surface area (Å²) in [5.41, 5.74) is 3.82. The Morgan fingerprint density at radius 2 is 0.303 bits per heavy atom. The van der Waals surface area contributed by atoms with E-state index >= 15 is 0 Å². The Bertz CT molecular complexity index is 3600. The summed E-state index contributed by atoms with van der Waals surface area (Å²) < 4.78 is 110. The van der Waals surface area contributed by atoms with Crippen LogP contribution in [-0.4, -0.2) is 166 Å². The van der Waals surface area contributed by atoms with Gasteiger partial charge < -0.3 is 101 Å². The fraction of sp³-hybridized carbons (Fsp3) is 0.300. The molecule has 0 aliphatic heterocycles. The van der Waals surface area contributed by atoms with Crippen LogP contribution in [0.5, 0.6) is 92.0 Å². The number of benzene rings is 8. The molecular weight excluding hydrogens is 1850 g/mol. The van der Waals surface area contributed by atoms with Crippen molar-refractivity contribution < 1.29 is 227 Å². The molecular formula is C80H98Cl2Cu4N8O28. The van der Waals surface area contributed by atoms with Gasteiger partial charge in [-0.2, -0.15) is 0 Å². The second kappa shape index (κ2) is 70.6. The third kappa shape index (κ3) is 49.9. The molecule has 42 heteroatoms. The Hall–Kier alpha value is -9.90. The summed E-state index contributed by atoms with van der Waals surface area (Å²) in [4.78, 5) is 33.7. The topological polar surface area (TPSA) is 671 Å². The van der Waals surface area contributed by atoms with Crippen LogP contribution in [0, 0.1) is 20.5 Å². The van der Waals surface area contributed by atoms with Crippen LogP contribution in [0.15, 0.2) is 186 Å². The first-order chi connectivity index (χ1) is 54.7. The van der Waals surface area contributed by atoms with Gasteiger partial charge in [0, 0.05) is 49.7 Å². The number of nitrogens with zero attached hydrogens (tertiary/aromatic N) is 8. The predicted octanol–water partition coefficient (Wildman–Crippen LogP) is -4.34. The fourth-order valence-electron chi connectivity index (χ4n) is 8.99. The molecule has 0 aliphatic rings. The van der Waals surface area contributed by atoms with Crippen LogP contribution in [0.3, 0.4) is 0 Å². The van der Waals surface area contributed by atoms with Crippen LogP contribution in [0.1, 0.15) is 99.9 Å². The third-order valence-corrected chi connectivity index (χ3v) is 13.7. The van der Waals surface area contributed by atoms with Crippen LogP contribution < -0.4 is 116 Å². The van der Waals surface area contributed by atoms with Crippen LogP contribution in [0.25, 0.3) is 0 Å². The van der Waals surface area contributed by atoms with E-state index in [0.717, 1.165) is 0 Å². The standard InChI is InChI=1S/4C20H24N2O4.2ClHO4.4Cu.4H2O/c4*1-3-25-17-9-5-7-15(19(17)23)13-21-11-12-22-14-16-8-6-10-18(20(16)24)26-4-2;2*2-1(3,4)5;;;;;;;;/h4*5-10,13-14,23-24H,3-4,11-12H2,1-2H3;2*(H,2,3,4,5);;;;;4*1H2/q;;;;;;4*+2;;;;/p-8. The molecule has 36 nitrogen and oxygen atoms in total. The van der Waals surface area contributed by atoms with Crippen LogP contribution >= 0.6 is 0 Å². The van der Waals surface area contributed by atoms with Crippen molar-refractivity contribution in [1.82, 2.24) is 0 Å². The van der Waals surface area contributed by atoms with Crippen molar-refractivity contribution in [3.63, 3.8) is 0 Å². The monoisotopic (exact) mass is 1940 g/mol. The van der Waals surface area contributed by atoms with Gasteiger partial charge in [0.15, 0.2) is 0 Å². The number of hydrogen-bond donors (Lipinski definition) is 0. The number of halogens is 2. The van der Waals surface area contributed by atoms with E-state index in [4.69, 9.17) is 75.2 Å². The molecule has 4 radical (unpaired) electrons. The maximum Gasteiger partial charge on any atom is 2.00 e. The minimum atomic E-state index is -4.94. The third-order valence-electron chi connectivity index (χ3n) is 13.7. The van der Waals surface area contributed by atoms with Crippen molar-refractivity contribution in [2.75, 3.05) is 105 Å². The molecule has 0 amide bonds. The Morgan fingerprint density at radius 3 is 0.385 bits per heavy atom. The minimum absolute atomic E-state index is 0. The van der Waals surface area contributed by atoms with E-state index in [1.165, 1.54) is 49.7 Å². The average Bonchev–Trinajstić information content (AvgIpc) is 1.17. The average molecular weight is 1940 g/mol. The number of hydrogen-bond acceptors (Lipinski definition) is 32. The zero-order valence-electron chi connectivity index (χ0n) is 67.3. The molecule has 0 bridgehead atoms. The Balaban J connectivity index is -0.000000346. The quantitative estimate of drug-likeness (QED) is 0.0155. The van der Waals surface area contributed by atoms with Crippen molar-refractivity contribution >= 4 is 49.7 Å². The predicted molar refractivity (Wildman–Crippen MR) is 413 cm³/mol. The van der Waals surface area contributed by atoms with Gasteiger partial charge >= 0.3 is 68.3 Å². The summed E-state index contributed by atoms with van der Waals surface area (Å²) in [5, 5.41) is 96.8. The number of rotatable bonds is 36. The largest absolute Gasteiger partial charge is 2.00 e. The zero-order chi connectivity index (χ0) is 84.1. The van der Waals surface area contributed by atoms with E-state index in [2.05, 4.69) is 39.9 Å². The van der Waals surface area contributed by atoms with Gasteiger partial charge in [0.1, 0.15) is 46.0 Å². The second-order valence-electron chi connectivity index (χ2n) is 21.9. The first-order valence-electron chi connectivity index (χ1n) is 35.3. The molecule has 10 N–H and O–H groups in total. The Kier molecular flexibility index (Phi) is 71.1. The van der Waals surface area contributed by atoms with Crippen molar-refractivity contribution in [3.05, 3.63) is 190 Å². The van der Waals surface area contributed by atoms with Crippen molar-refractivity contribution in [2.45, 2.75) is 55.4 Å². The molecule has 0 aliphatic carbocycles. The van der Waals surface area contributed by atoms with E-state index in [1.54, 1.807) is 146 Å². The molecule has 684 valence electrons. The van der Waals surface area contributed by atoms with Gasteiger partial charge in [-0.05, 0) is 148 Å². The van der Waals surface area contributed by atoms with Crippen molar-refractivity contribution in [3.8, 4) is 92.0 Å². The van der Waals surface area contributed by atoms with Gasteiger partial charge in [0.2, 0.25) is 0 Å². The maximum atomic E-state index is 12.1. The van der Waals surface area contributed by atoms with E-state index in [-0.39, 0.29) is 136 Å². The van der Waals surface area contributed by atoms with Gasteiger partial charge in [-0.25, -0.2) is 37.3 Å². The molecule has 0 atom stereocenters. The molecule has 0 aromatic heterocycles. The molecule has 0 unspecified atom stereocenters. The van der Waals surface area contributed by atoms with E-state index in [0.29, 0.717) is 196 Å². The van der Waals surface area contributed by atoms with Crippen LogP contribution in [0.4, 0.5) is 0 Å². The van der Waals surface area contributed by atoms with Gasteiger partial charge in [0.25, 0.3) is 0 Å². The minimum Gasteiger partial charge on any atom is -0.870 e. The smallest absolute Gasteiger partial charge is 0.870 e. The first kappa shape index (κ1) is 123. The number of ether oxygens (including phenoxy) is 8. The molecule has 0 fully saturated rings. The Morgan fingerprint density at radius 1 is 0.213 bits per heavy atom. The van der Waals surface area contributed by atoms with E-state index in [9.17, 15) is 40.9 Å². The molecule has 0 heterocycles.